The van der Waals surface area contributed by atoms with Gasteiger partial charge in [0, 0.05) is 31.6 Å². The molecule has 1 aromatic rings. The summed E-state index contributed by atoms with van der Waals surface area (Å²) in [6.45, 7) is 7.18. The molecule has 0 aromatic carbocycles. The molecule has 5 heteroatoms. The summed E-state index contributed by atoms with van der Waals surface area (Å²) in [5.41, 5.74) is 0.128. The molecule has 2 aliphatic rings. The van der Waals surface area contributed by atoms with E-state index in [-0.39, 0.29) is 5.60 Å². The van der Waals surface area contributed by atoms with Crippen molar-refractivity contribution in [3.63, 3.8) is 0 Å². The van der Waals surface area contributed by atoms with E-state index in [1.807, 2.05) is 6.20 Å². The lowest BCUT2D eigenvalue weighted by Crippen LogP contribution is -2.52. The molecular weight excluding hydrogens is 264 g/mol. The Hall–Kier alpha value is -0.910. The van der Waals surface area contributed by atoms with Gasteiger partial charge < -0.3 is 14.6 Å². The minimum atomic E-state index is 0.128. The molecule has 2 saturated heterocycles. The number of aromatic nitrogens is 2. The second-order valence-electron chi connectivity index (χ2n) is 6.47. The first-order valence-corrected chi connectivity index (χ1v) is 8.27. The van der Waals surface area contributed by atoms with E-state index in [9.17, 15) is 0 Å². The average Bonchev–Trinajstić information content (AvgIpc) is 2.95. The SMILES string of the molecule is CCn1ccnc1CN(C)C1CCOC2(CCNCC2)C1. The summed E-state index contributed by atoms with van der Waals surface area (Å²) in [5, 5.41) is 3.44. The highest BCUT2D eigenvalue weighted by Crippen LogP contribution is 2.34. The number of ether oxygens (including phenoxy) is 1. The van der Waals surface area contributed by atoms with E-state index in [0.29, 0.717) is 6.04 Å². The molecule has 0 saturated carbocycles. The van der Waals surface area contributed by atoms with Gasteiger partial charge in [-0.05, 0) is 52.7 Å². The van der Waals surface area contributed by atoms with Gasteiger partial charge in [0.15, 0.2) is 0 Å². The summed E-state index contributed by atoms with van der Waals surface area (Å²) in [7, 11) is 2.24. The van der Waals surface area contributed by atoms with Crippen molar-refractivity contribution in [3.05, 3.63) is 18.2 Å². The predicted molar refractivity (Wildman–Crippen MR) is 83.2 cm³/mol. The average molecular weight is 292 g/mol. The maximum Gasteiger partial charge on any atom is 0.122 e. The molecule has 5 nitrogen and oxygen atoms in total. The zero-order chi connectivity index (χ0) is 14.7. The van der Waals surface area contributed by atoms with E-state index in [2.05, 4.69) is 39.9 Å². The van der Waals surface area contributed by atoms with E-state index >= 15 is 0 Å². The zero-order valence-electron chi connectivity index (χ0n) is 13.3. The summed E-state index contributed by atoms with van der Waals surface area (Å²) in [5.74, 6) is 1.17. The van der Waals surface area contributed by atoms with Crippen LogP contribution in [0.1, 0.15) is 38.4 Å². The van der Waals surface area contributed by atoms with Crippen LogP contribution < -0.4 is 5.32 Å². The van der Waals surface area contributed by atoms with Crippen LogP contribution >= 0.6 is 0 Å². The molecule has 21 heavy (non-hydrogen) atoms. The molecule has 3 rings (SSSR count). The third-order valence-electron chi connectivity index (χ3n) is 5.14. The number of nitrogens with one attached hydrogen (secondary N) is 1. The molecule has 1 unspecified atom stereocenters. The van der Waals surface area contributed by atoms with Gasteiger partial charge in [0.25, 0.3) is 0 Å². The quantitative estimate of drug-likeness (QED) is 0.916. The van der Waals surface area contributed by atoms with E-state index < -0.39 is 0 Å². The van der Waals surface area contributed by atoms with Crippen LogP contribution in [0.3, 0.4) is 0 Å². The fourth-order valence-electron chi connectivity index (χ4n) is 3.74. The number of piperidine rings is 1. The second-order valence-corrected chi connectivity index (χ2v) is 6.47. The van der Waals surface area contributed by atoms with Gasteiger partial charge >= 0.3 is 0 Å². The maximum absolute atomic E-state index is 6.18. The summed E-state index contributed by atoms with van der Waals surface area (Å²) in [4.78, 5) is 6.98. The van der Waals surface area contributed by atoms with Gasteiger partial charge in [-0.2, -0.15) is 0 Å². The van der Waals surface area contributed by atoms with Crippen LogP contribution in [-0.4, -0.2) is 52.8 Å². The largest absolute Gasteiger partial charge is 0.375 e. The monoisotopic (exact) mass is 292 g/mol. The van der Waals surface area contributed by atoms with Crippen molar-refractivity contribution in [1.29, 1.82) is 0 Å². The minimum absolute atomic E-state index is 0.128. The van der Waals surface area contributed by atoms with Gasteiger partial charge in [-0.25, -0.2) is 4.98 Å². The van der Waals surface area contributed by atoms with Crippen molar-refractivity contribution < 1.29 is 4.74 Å². The van der Waals surface area contributed by atoms with Crippen LogP contribution in [-0.2, 0) is 17.8 Å². The molecule has 0 aliphatic carbocycles. The minimum Gasteiger partial charge on any atom is -0.375 e. The Bertz CT molecular complexity index is 447. The number of hydrogen-bond donors (Lipinski definition) is 1. The van der Waals surface area contributed by atoms with Gasteiger partial charge in [0.1, 0.15) is 5.82 Å². The molecule has 3 heterocycles. The Morgan fingerprint density at radius 1 is 1.48 bits per heavy atom. The third kappa shape index (κ3) is 3.30. The number of rotatable bonds is 4. The molecule has 1 atom stereocenters. The summed E-state index contributed by atoms with van der Waals surface area (Å²) < 4.78 is 8.41. The van der Waals surface area contributed by atoms with E-state index in [0.717, 1.165) is 58.5 Å². The molecule has 118 valence electrons. The van der Waals surface area contributed by atoms with Crippen molar-refractivity contribution in [2.45, 2.75) is 57.3 Å². The van der Waals surface area contributed by atoms with Crippen LogP contribution in [0, 0.1) is 0 Å². The van der Waals surface area contributed by atoms with Crippen LogP contribution in [0.25, 0.3) is 0 Å². The van der Waals surface area contributed by atoms with Crippen molar-refractivity contribution in [2.75, 3.05) is 26.7 Å². The van der Waals surface area contributed by atoms with Crippen molar-refractivity contribution >= 4 is 0 Å². The normalized spacial score (nSPS) is 25.6. The first kappa shape index (κ1) is 15.0. The molecular formula is C16H28N4O. The molecule has 0 bridgehead atoms. The Kier molecular flexibility index (Phi) is 4.62. The molecule has 1 aromatic heterocycles. The summed E-state index contributed by atoms with van der Waals surface area (Å²) >= 11 is 0. The van der Waals surface area contributed by atoms with E-state index in [1.165, 1.54) is 5.82 Å². The standard InChI is InChI=1S/C16H28N4O/c1-3-20-10-9-18-15(20)13-19(2)14-4-11-21-16(12-14)5-7-17-8-6-16/h9-10,14,17H,3-8,11-13H2,1-2H3. The van der Waals surface area contributed by atoms with Gasteiger partial charge in [0.2, 0.25) is 0 Å². The van der Waals surface area contributed by atoms with Crippen LogP contribution in [0.2, 0.25) is 0 Å². The Labute approximate surface area is 127 Å². The summed E-state index contributed by atoms with van der Waals surface area (Å²) in [6, 6.07) is 0.610. The topological polar surface area (TPSA) is 42.3 Å². The number of nitrogens with zero attached hydrogens (tertiary/aromatic N) is 3. The molecule has 0 radical (unpaired) electrons. The van der Waals surface area contributed by atoms with Gasteiger partial charge in [-0.1, -0.05) is 0 Å². The lowest BCUT2D eigenvalue weighted by atomic mass is 9.82. The Morgan fingerprint density at radius 3 is 3.05 bits per heavy atom. The lowest BCUT2D eigenvalue weighted by Gasteiger charge is -2.46. The Morgan fingerprint density at radius 2 is 2.29 bits per heavy atom. The third-order valence-corrected chi connectivity index (χ3v) is 5.14. The maximum atomic E-state index is 6.18. The van der Waals surface area contributed by atoms with Gasteiger partial charge in [-0.15, -0.1) is 0 Å². The first-order chi connectivity index (χ1) is 10.2. The fraction of sp³-hybridized carbons (Fsp3) is 0.812. The van der Waals surface area contributed by atoms with E-state index in [1.54, 1.807) is 0 Å². The molecule has 1 N–H and O–H groups in total. The Balaban J connectivity index is 1.62. The van der Waals surface area contributed by atoms with Crippen molar-refractivity contribution in [2.24, 2.45) is 0 Å². The lowest BCUT2D eigenvalue weighted by molar-refractivity contribution is -0.119. The highest BCUT2D eigenvalue weighted by molar-refractivity contribution is 4.96. The van der Waals surface area contributed by atoms with Gasteiger partial charge in [0.05, 0.1) is 12.1 Å². The fourth-order valence-corrected chi connectivity index (χ4v) is 3.74. The number of imidazole rings is 1. The number of hydrogen-bond acceptors (Lipinski definition) is 4. The van der Waals surface area contributed by atoms with Gasteiger partial charge in [-0.3, -0.25) is 4.90 Å². The van der Waals surface area contributed by atoms with Crippen molar-refractivity contribution in [3.8, 4) is 0 Å². The first-order valence-electron chi connectivity index (χ1n) is 8.27. The van der Waals surface area contributed by atoms with Crippen LogP contribution in [0.4, 0.5) is 0 Å². The predicted octanol–water partition coefficient (Wildman–Crippen LogP) is 1.64. The van der Waals surface area contributed by atoms with E-state index in [4.69, 9.17) is 4.74 Å². The molecule has 2 aliphatic heterocycles. The van der Waals surface area contributed by atoms with Crippen LogP contribution in [0.5, 0.6) is 0 Å². The zero-order valence-corrected chi connectivity index (χ0v) is 13.3. The smallest absolute Gasteiger partial charge is 0.122 e. The molecule has 0 amide bonds. The molecule has 1 spiro atoms. The highest BCUT2D eigenvalue weighted by Gasteiger charge is 2.39. The number of aryl methyl sites for hydroxylation is 1. The highest BCUT2D eigenvalue weighted by atomic mass is 16.5. The molecule has 2 fully saturated rings. The summed E-state index contributed by atoms with van der Waals surface area (Å²) in [6.07, 6.45) is 8.59. The van der Waals surface area contributed by atoms with Crippen molar-refractivity contribution in [1.82, 2.24) is 19.8 Å². The second kappa shape index (κ2) is 6.46. The van der Waals surface area contributed by atoms with Crippen LogP contribution in [0.15, 0.2) is 12.4 Å².